The number of likely N-dealkylation sites (tertiary alicyclic amines) is 1. The van der Waals surface area contributed by atoms with E-state index in [1.165, 1.54) is 0 Å². The highest BCUT2D eigenvalue weighted by atomic mass is 35.5. The van der Waals surface area contributed by atoms with E-state index in [2.05, 4.69) is 0 Å². The summed E-state index contributed by atoms with van der Waals surface area (Å²) in [5, 5.41) is 0.626. The smallest absolute Gasteiger partial charge is 0.239 e. The summed E-state index contributed by atoms with van der Waals surface area (Å²) < 4.78 is 0. The zero-order valence-electron chi connectivity index (χ0n) is 13.8. The summed E-state index contributed by atoms with van der Waals surface area (Å²) in [6.45, 7) is 5.24. The van der Waals surface area contributed by atoms with Crippen LogP contribution in [0.1, 0.15) is 43.5 Å². The summed E-state index contributed by atoms with van der Waals surface area (Å²) in [6.07, 6.45) is 2.28. The summed E-state index contributed by atoms with van der Waals surface area (Å²) in [4.78, 5) is 26.7. The Bertz CT molecular complexity index is 551. The molecule has 1 fully saturated rings. The molecule has 2 N–H and O–H groups in total. The van der Waals surface area contributed by atoms with Gasteiger partial charge in [0.25, 0.3) is 0 Å². The maximum atomic E-state index is 12.5. The van der Waals surface area contributed by atoms with Crippen molar-refractivity contribution in [2.24, 2.45) is 17.6 Å². The number of benzene rings is 1. The van der Waals surface area contributed by atoms with Gasteiger partial charge in [-0.05, 0) is 43.0 Å². The fourth-order valence-electron chi connectivity index (χ4n) is 2.92. The van der Waals surface area contributed by atoms with Crippen LogP contribution >= 0.6 is 11.6 Å². The molecule has 126 valence electrons. The molecule has 1 heterocycles. The lowest BCUT2D eigenvalue weighted by Crippen LogP contribution is -2.50. The van der Waals surface area contributed by atoms with Gasteiger partial charge in [-0.15, -0.1) is 0 Å². The third-order valence-electron chi connectivity index (χ3n) is 4.85. The van der Waals surface area contributed by atoms with E-state index in [0.29, 0.717) is 36.5 Å². The van der Waals surface area contributed by atoms with Crippen molar-refractivity contribution >= 4 is 23.3 Å². The van der Waals surface area contributed by atoms with Gasteiger partial charge in [0.1, 0.15) is 0 Å². The Labute approximate surface area is 143 Å². The van der Waals surface area contributed by atoms with Crippen molar-refractivity contribution in [2.45, 2.75) is 39.2 Å². The maximum Gasteiger partial charge on any atom is 0.239 e. The van der Waals surface area contributed by atoms with Crippen LogP contribution in [0, 0.1) is 11.8 Å². The van der Waals surface area contributed by atoms with Crippen molar-refractivity contribution in [2.75, 3.05) is 13.1 Å². The molecule has 2 rings (SSSR count). The lowest BCUT2D eigenvalue weighted by Gasteiger charge is -2.34. The van der Waals surface area contributed by atoms with E-state index in [1.54, 1.807) is 24.3 Å². The van der Waals surface area contributed by atoms with Crippen LogP contribution in [-0.4, -0.2) is 35.7 Å². The van der Waals surface area contributed by atoms with Gasteiger partial charge in [0.2, 0.25) is 5.91 Å². The number of amides is 1. The molecule has 0 aromatic heterocycles. The van der Waals surface area contributed by atoms with Crippen LogP contribution in [0.3, 0.4) is 0 Å². The fourth-order valence-corrected chi connectivity index (χ4v) is 3.05. The highest BCUT2D eigenvalue weighted by Gasteiger charge is 2.31. The van der Waals surface area contributed by atoms with E-state index in [9.17, 15) is 9.59 Å². The first kappa shape index (κ1) is 18.0. The van der Waals surface area contributed by atoms with E-state index in [4.69, 9.17) is 17.3 Å². The van der Waals surface area contributed by atoms with Crippen LogP contribution in [0.25, 0.3) is 0 Å². The topological polar surface area (TPSA) is 63.4 Å². The lowest BCUT2D eigenvalue weighted by molar-refractivity contribution is -0.135. The number of nitrogens with zero attached hydrogens (tertiary/aromatic N) is 1. The van der Waals surface area contributed by atoms with E-state index in [1.807, 2.05) is 18.7 Å². The van der Waals surface area contributed by atoms with Gasteiger partial charge in [-0.2, -0.15) is 0 Å². The SMILES string of the molecule is CCC(C)C(N)C(=O)N1CCC(C(=O)c2ccc(Cl)cc2)CC1. The van der Waals surface area contributed by atoms with Gasteiger partial charge >= 0.3 is 0 Å². The largest absolute Gasteiger partial charge is 0.341 e. The minimum Gasteiger partial charge on any atom is -0.341 e. The summed E-state index contributed by atoms with van der Waals surface area (Å²) in [6, 6.07) is 6.56. The Morgan fingerprint density at radius 1 is 1.26 bits per heavy atom. The summed E-state index contributed by atoms with van der Waals surface area (Å²) in [5.41, 5.74) is 6.72. The van der Waals surface area contributed by atoms with Gasteiger partial charge in [-0.25, -0.2) is 0 Å². The number of hydrogen-bond acceptors (Lipinski definition) is 3. The second-order valence-corrected chi connectivity index (χ2v) is 6.82. The van der Waals surface area contributed by atoms with Crippen LogP contribution < -0.4 is 5.73 Å². The van der Waals surface area contributed by atoms with E-state index in [0.717, 1.165) is 6.42 Å². The van der Waals surface area contributed by atoms with Crippen molar-refractivity contribution in [3.63, 3.8) is 0 Å². The molecule has 2 unspecified atom stereocenters. The van der Waals surface area contributed by atoms with Gasteiger partial charge < -0.3 is 10.6 Å². The molecular formula is C18H25ClN2O2. The molecule has 5 heteroatoms. The average Bonchev–Trinajstić information content (AvgIpc) is 2.60. The first-order valence-electron chi connectivity index (χ1n) is 8.28. The molecule has 4 nitrogen and oxygen atoms in total. The average molecular weight is 337 g/mol. The number of nitrogens with two attached hydrogens (primary N) is 1. The standard InChI is InChI=1S/C18H25ClN2O2/c1-3-12(2)16(20)18(23)21-10-8-14(9-11-21)17(22)13-4-6-15(19)7-5-13/h4-7,12,14,16H,3,8-11,20H2,1-2H3. The van der Waals surface area contributed by atoms with E-state index < -0.39 is 6.04 Å². The minimum absolute atomic E-state index is 0.0109. The summed E-state index contributed by atoms with van der Waals surface area (Å²) in [5.74, 6) is 0.299. The number of rotatable bonds is 5. The molecule has 1 aliphatic heterocycles. The molecular weight excluding hydrogens is 312 g/mol. The zero-order valence-corrected chi connectivity index (χ0v) is 14.6. The molecule has 0 aliphatic carbocycles. The van der Waals surface area contributed by atoms with Gasteiger partial charge in [0.05, 0.1) is 6.04 Å². The Morgan fingerprint density at radius 3 is 2.35 bits per heavy atom. The first-order chi connectivity index (χ1) is 10.9. The predicted molar refractivity (Wildman–Crippen MR) is 92.5 cm³/mol. The number of carbonyl (C=O) groups excluding carboxylic acids is 2. The number of piperidine rings is 1. The second kappa shape index (κ2) is 7.93. The van der Waals surface area contributed by atoms with E-state index in [-0.39, 0.29) is 23.5 Å². The molecule has 0 radical (unpaired) electrons. The molecule has 1 saturated heterocycles. The molecule has 1 aliphatic rings. The second-order valence-electron chi connectivity index (χ2n) is 6.38. The number of Topliss-reactive ketones (excluding diaryl/α,β-unsaturated/α-hetero) is 1. The molecule has 0 bridgehead atoms. The van der Waals surface area contributed by atoms with Crippen LogP contribution in [-0.2, 0) is 4.79 Å². The Balaban J connectivity index is 1.92. The van der Waals surface area contributed by atoms with Gasteiger partial charge in [0, 0.05) is 29.6 Å². The Morgan fingerprint density at radius 2 is 1.83 bits per heavy atom. The Hall–Kier alpha value is -1.39. The highest BCUT2D eigenvalue weighted by molar-refractivity contribution is 6.30. The van der Waals surface area contributed by atoms with Crippen LogP contribution in [0.5, 0.6) is 0 Å². The summed E-state index contributed by atoms with van der Waals surface area (Å²) in [7, 11) is 0. The van der Waals surface area contributed by atoms with Crippen molar-refractivity contribution in [3.05, 3.63) is 34.9 Å². The number of ketones is 1. The minimum atomic E-state index is -0.441. The van der Waals surface area contributed by atoms with Gasteiger partial charge in [-0.1, -0.05) is 31.9 Å². The maximum absolute atomic E-state index is 12.5. The van der Waals surface area contributed by atoms with Crippen LogP contribution in [0.4, 0.5) is 0 Å². The van der Waals surface area contributed by atoms with Crippen molar-refractivity contribution in [1.82, 2.24) is 4.90 Å². The molecule has 23 heavy (non-hydrogen) atoms. The molecule has 1 amide bonds. The number of hydrogen-bond donors (Lipinski definition) is 1. The van der Waals surface area contributed by atoms with Crippen molar-refractivity contribution in [1.29, 1.82) is 0 Å². The normalized spacial score (nSPS) is 18.5. The molecule has 1 aromatic carbocycles. The predicted octanol–water partition coefficient (Wildman–Crippen LogP) is 3.13. The molecule has 2 atom stereocenters. The fraction of sp³-hybridized carbons (Fsp3) is 0.556. The number of halogens is 1. The number of carbonyl (C=O) groups is 2. The molecule has 1 aromatic rings. The third kappa shape index (κ3) is 4.33. The highest BCUT2D eigenvalue weighted by Crippen LogP contribution is 2.23. The Kier molecular flexibility index (Phi) is 6.19. The quantitative estimate of drug-likeness (QED) is 0.840. The van der Waals surface area contributed by atoms with Gasteiger partial charge in [0.15, 0.2) is 5.78 Å². The first-order valence-corrected chi connectivity index (χ1v) is 8.66. The summed E-state index contributed by atoms with van der Waals surface area (Å²) >= 11 is 5.86. The lowest BCUT2D eigenvalue weighted by atomic mass is 9.88. The monoisotopic (exact) mass is 336 g/mol. The van der Waals surface area contributed by atoms with Crippen molar-refractivity contribution < 1.29 is 9.59 Å². The third-order valence-corrected chi connectivity index (χ3v) is 5.10. The zero-order chi connectivity index (χ0) is 17.0. The van der Waals surface area contributed by atoms with Gasteiger partial charge in [-0.3, -0.25) is 9.59 Å². The van der Waals surface area contributed by atoms with Crippen molar-refractivity contribution in [3.8, 4) is 0 Å². The molecule has 0 saturated carbocycles. The van der Waals surface area contributed by atoms with Crippen LogP contribution in [0.2, 0.25) is 5.02 Å². The molecule has 0 spiro atoms. The van der Waals surface area contributed by atoms with E-state index >= 15 is 0 Å². The van der Waals surface area contributed by atoms with Crippen LogP contribution in [0.15, 0.2) is 24.3 Å².